The minimum Gasteiger partial charge on any atom is -0.469 e. The van der Waals surface area contributed by atoms with Gasteiger partial charge in [0.05, 0.1) is 19.8 Å². The Morgan fingerprint density at radius 2 is 1.38 bits per heavy atom. The molecular formula is C28H54O9Si2. The predicted octanol–water partition coefficient (Wildman–Crippen LogP) is 5.58. The number of carbonyl (C=O) groups is 1. The van der Waals surface area contributed by atoms with Gasteiger partial charge in [-0.3, -0.25) is 4.79 Å². The van der Waals surface area contributed by atoms with Crippen LogP contribution >= 0.6 is 0 Å². The molecule has 0 aromatic heterocycles. The predicted molar refractivity (Wildman–Crippen MR) is 153 cm³/mol. The van der Waals surface area contributed by atoms with Crippen molar-refractivity contribution in [2.24, 2.45) is 5.92 Å². The molecule has 3 fully saturated rings. The van der Waals surface area contributed by atoms with E-state index in [9.17, 15) is 4.79 Å². The maximum atomic E-state index is 13.7. The first-order valence-electron chi connectivity index (χ1n) is 14.2. The molecule has 0 radical (unpaired) electrons. The molecule has 3 aliphatic heterocycles. The highest BCUT2D eigenvalue weighted by molar-refractivity contribution is 6.74. The third kappa shape index (κ3) is 6.99. The maximum absolute atomic E-state index is 13.7. The van der Waals surface area contributed by atoms with Crippen molar-refractivity contribution >= 4 is 22.6 Å². The molecule has 3 aliphatic rings. The molecular weight excluding hydrogens is 536 g/mol. The summed E-state index contributed by atoms with van der Waals surface area (Å²) in [5, 5.41) is -0.155. The molecule has 0 spiro atoms. The van der Waals surface area contributed by atoms with Gasteiger partial charge in [-0.15, -0.1) is 0 Å². The molecule has 3 rings (SSSR count). The van der Waals surface area contributed by atoms with Crippen LogP contribution in [0.15, 0.2) is 0 Å². The number of carbonyl (C=O) groups excluding carboxylic acids is 1. The second kappa shape index (κ2) is 10.7. The number of ether oxygens (including phenoxy) is 6. The Morgan fingerprint density at radius 3 is 1.85 bits per heavy atom. The highest BCUT2D eigenvalue weighted by Gasteiger charge is 2.63. The van der Waals surface area contributed by atoms with E-state index in [0.29, 0.717) is 0 Å². The van der Waals surface area contributed by atoms with Gasteiger partial charge in [0, 0.05) is 0 Å². The quantitative estimate of drug-likeness (QED) is 0.265. The highest BCUT2D eigenvalue weighted by atomic mass is 28.4. The van der Waals surface area contributed by atoms with E-state index in [-0.39, 0.29) is 16.7 Å². The SMILES string of the molecule is COC(=O)[C@@H]([C@@H]1O[C@H](O[Si](C)(C)C(C)(C)C)[C@H]2OC(C)(C)O[C@H]21)[C@H](O[Si](C)(C)C(C)(C)C)[C@H]1COC(C)(C)O1. The molecule has 3 heterocycles. The summed E-state index contributed by atoms with van der Waals surface area (Å²) in [5.41, 5.74) is 0. The lowest BCUT2D eigenvalue weighted by Crippen LogP contribution is -2.56. The van der Waals surface area contributed by atoms with Crippen molar-refractivity contribution in [1.29, 1.82) is 0 Å². The molecule has 0 aromatic rings. The van der Waals surface area contributed by atoms with E-state index in [1.165, 1.54) is 7.11 Å². The lowest BCUT2D eigenvalue weighted by Gasteiger charge is -2.43. The largest absolute Gasteiger partial charge is 0.469 e. The third-order valence-corrected chi connectivity index (χ3v) is 18.0. The van der Waals surface area contributed by atoms with E-state index in [1.54, 1.807) is 0 Å². The van der Waals surface area contributed by atoms with Crippen LogP contribution in [0, 0.1) is 5.92 Å². The minimum atomic E-state index is -2.39. The van der Waals surface area contributed by atoms with Crippen molar-refractivity contribution in [3.8, 4) is 0 Å². The first kappa shape index (κ1) is 33.1. The first-order valence-corrected chi connectivity index (χ1v) is 20.0. The van der Waals surface area contributed by atoms with Crippen LogP contribution in [0.25, 0.3) is 0 Å². The monoisotopic (exact) mass is 590 g/mol. The maximum Gasteiger partial charge on any atom is 0.314 e. The van der Waals surface area contributed by atoms with Gasteiger partial charge in [0.25, 0.3) is 0 Å². The molecule has 9 nitrogen and oxygen atoms in total. The fourth-order valence-corrected chi connectivity index (χ4v) is 7.26. The molecule has 11 heteroatoms. The van der Waals surface area contributed by atoms with Crippen molar-refractivity contribution in [3.05, 3.63) is 0 Å². The van der Waals surface area contributed by atoms with Crippen LogP contribution in [0.3, 0.4) is 0 Å². The average Bonchev–Trinajstić information content (AvgIpc) is 3.36. The van der Waals surface area contributed by atoms with Crippen LogP contribution in [0.1, 0.15) is 69.2 Å². The smallest absolute Gasteiger partial charge is 0.314 e. The zero-order valence-corrected chi connectivity index (χ0v) is 28.9. The summed E-state index contributed by atoms with van der Waals surface area (Å²) in [7, 11) is -3.26. The van der Waals surface area contributed by atoms with Gasteiger partial charge in [0.2, 0.25) is 0 Å². The zero-order valence-electron chi connectivity index (χ0n) is 26.9. The number of hydrogen-bond donors (Lipinski definition) is 0. The molecule has 0 N–H and O–H groups in total. The molecule has 39 heavy (non-hydrogen) atoms. The molecule has 228 valence electrons. The Balaban J connectivity index is 2.06. The molecule has 0 saturated carbocycles. The second-order valence-electron chi connectivity index (χ2n) is 15.2. The van der Waals surface area contributed by atoms with Crippen LogP contribution in [0.5, 0.6) is 0 Å². The van der Waals surface area contributed by atoms with Crippen molar-refractivity contribution in [2.45, 2.75) is 154 Å². The van der Waals surface area contributed by atoms with Gasteiger partial charge in [-0.1, -0.05) is 41.5 Å². The Morgan fingerprint density at radius 1 is 0.846 bits per heavy atom. The van der Waals surface area contributed by atoms with Crippen LogP contribution in [0.2, 0.25) is 36.3 Å². The van der Waals surface area contributed by atoms with E-state index >= 15 is 0 Å². The third-order valence-electron chi connectivity index (χ3n) is 9.08. The normalized spacial score (nSPS) is 32.6. The Kier molecular flexibility index (Phi) is 9.10. The molecule has 0 aliphatic carbocycles. The molecule has 0 amide bonds. The van der Waals surface area contributed by atoms with Crippen molar-refractivity contribution < 1.29 is 42.1 Å². The van der Waals surface area contributed by atoms with E-state index < -0.39 is 76.9 Å². The summed E-state index contributed by atoms with van der Waals surface area (Å²) >= 11 is 0. The molecule has 0 unspecified atom stereocenters. The lowest BCUT2D eigenvalue weighted by atomic mass is 9.89. The van der Waals surface area contributed by atoms with E-state index in [1.807, 2.05) is 27.7 Å². The van der Waals surface area contributed by atoms with Crippen LogP contribution in [-0.2, 0) is 42.1 Å². The number of methoxy groups -OCH3 is 1. The second-order valence-corrected chi connectivity index (χ2v) is 24.7. The van der Waals surface area contributed by atoms with Crippen molar-refractivity contribution in [3.63, 3.8) is 0 Å². The van der Waals surface area contributed by atoms with E-state index in [0.717, 1.165) is 0 Å². The van der Waals surface area contributed by atoms with Gasteiger partial charge in [0.15, 0.2) is 34.5 Å². The number of hydrogen-bond acceptors (Lipinski definition) is 9. The van der Waals surface area contributed by atoms with E-state index in [2.05, 4.69) is 67.7 Å². The van der Waals surface area contributed by atoms with E-state index in [4.69, 9.17) is 37.3 Å². The first-order chi connectivity index (χ1) is 17.4. The number of fused-ring (bicyclic) bond motifs is 1. The topological polar surface area (TPSA) is 90.9 Å². The average molecular weight is 591 g/mol. The Labute approximate surface area is 238 Å². The Bertz CT molecular complexity index is 890. The van der Waals surface area contributed by atoms with Gasteiger partial charge in [-0.05, 0) is 64.0 Å². The summed E-state index contributed by atoms with van der Waals surface area (Å²) in [6.45, 7) is 29.5. The van der Waals surface area contributed by atoms with Crippen LogP contribution in [-0.4, -0.2) is 84.7 Å². The molecule has 7 atom stereocenters. The fraction of sp³-hybridized carbons (Fsp3) is 0.964. The van der Waals surface area contributed by atoms with Crippen LogP contribution in [0.4, 0.5) is 0 Å². The number of esters is 1. The summed E-state index contributed by atoms with van der Waals surface area (Å²) in [6, 6.07) is 0. The fourth-order valence-electron chi connectivity index (χ4n) is 4.81. The summed E-state index contributed by atoms with van der Waals surface area (Å²) in [5.74, 6) is -2.97. The van der Waals surface area contributed by atoms with Crippen molar-refractivity contribution in [1.82, 2.24) is 0 Å². The van der Waals surface area contributed by atoms with Gasteiger partial charge in [-0.25, -0.2) is 0 Å². The Hall–Kier alpha value is -0.376. The number of rotatable bonds is 8. The summed E-state index contributed by atoms with van der Waals surface area (Å²) < 4.78 is 50.8. The minimum absolute atomic E-state index is 0.0464. The lowest BCUT2D eigenvalue weighted by molar-refractivity contribution is -0.230. The molecule has 0 bridgehead atoms. The van der Waals surface area contributed by atoms with Crippen molar-refractivity contribution in [2.75, 3.05) is 13.7 Å². The van der Waals surface area contributed by atoms with Gasteiger partial charge in [-0.2, -0.15) is 0 Å². The van der Waals surface area contributed by atoms with Gasteiger partial charge in [0.1, 0.15) is 30.3 Å². The molecule has 3 saturated heterocycles. The highest BCUT2D eigenvalue weighted by Crippen LogP contribution is 2.48. The van der Waals surface area contributed by atoms with Gasteiger partial charge >= 0.3 is 5.97 Å². The standard InChI is InChI=1S/C28H54O9Si2/c1-25(2,3)38(12,13)36-19(17-16-31-27(7,8)33-17)18(23(29)30-11)20-21-22(35-28(9,10)34-21)24(32-20)37-39(14,15)26(4,5)6/h17-22,24H,16H2,1-15H3/t17-,18-,19-,20+,21+,22+,24-/m1/s1. The zero-order chi connectivity index (χ0) is 30.0. The van der Waals surface area contributed by atoms with Gasteiger partial charge < -0.3 is 37.3 Å². The molecule has 0 aromatic carbocycles. The van der Waals surface area contributed by atoms with Crippen LogP contribution < -0.4 is 0 Å². The summed E-state index contributed by atoms with van der Waals surface area (Å²) in [6.07, 6.45) is -3.68. The summed E-state index contributed by atoms with van der Waals surface area (Å²) in [4.78, 5) is 13.7.